The second-order valence-electron chi connectivity index (χ2n) is 9.13. The van der Waals surface area contributed by atoms with Crippen molar-refractivity contribution in [3.63, 3.8) is 0 Å². The van der Waals surface area contributed by atoms with Gasteiger partial charge in [0.1, 0.15) is 5.82 Å². The first-order chi connectivity index (χ1) is 18.1. The maximum atomic E-state index is 13.8. The number of amides is 1. The molecule has 37 heavy (non-hydrogen) atoms. The Bertz CT molecular complexity index is 1560. The zero-order valence-electron chi connectivity index (χ0n) is 20.3. The number of benzene rings is 4. The number of hydrogen-bond donors (Lipinski definition) is 1. The number of hydrogen-bond acceptors (Lipinski definition) is 4. The van der Waals surface area contributed by atoms with Gasteiger partial charge in [0.2, 0.25) is 0 Å². The summed E-state index contributed by atoms with van der Waals surface area (Å²) < 4.78 is 5.79. The Morgan fingerprint density at radius 3 is 2.11 bits per heavy atom. The van der Waals surface area contributed by atoms with Crippen LogP contribution in [0.15, 0.2) is 97.1 Å². The average molecular weight is 488 g/mol. The first-order valence-electron chi connectivity index (χ1n) is 12.3. The summed E-state index contributed by atoms with van der Waals surface area (Å²) in [6.07, 6.45) is 0.655. The van der Waals surface area contributed by atoms with E-state index < -0.39 is 12.1 Å². The SMILES string of the molecule is CC(OC(=O)c1ccccc1-c1nc2ccccc2[nH]1)C(=O)N1c2ccccc2CCc2ccccc21. The Kier molecular flexibility index (Phi) is 5.77. The van der Waals surface area contributed by atoms with E-state index in [1.54, 1.807) is 24.0 Å². The molecule has 5 aromatic rings. The summed E-state index contributed by atoms with van der Waals surface area (Å²) in [5.74, 6) is -0.298. The molecule has 0 saturated heterocycles. The highest BCUT2D eigenvalue weighted by Gasteiger charge is 2.31. The molecule has 1 aliphatic heterocycles. The number of nitrogens with zero attached hydrogens (tertiary/aromatic N) is 2. The highest BCUT2D eigenvalue weighted by atomic mass is 16.5. The number of para-hydroxylation sites is 4. The van der Waals surface area contributed by atoms with E-state index in [9.17, 15) is 9.59 Å². The van der Waals surface area contributed by atoms with Gasteiger partial charge in [0.25, 0.3) is 5.91 Å². The number of ether oxygens (including phenoxy) is 1. The molecule has 1 amide bonds. The van der Waals surface area contributed by atoms with Gasteiger partial charge in [-0.2, -0.15) is 0 Å². The van der Waals surface area contributed by atoms with Crippen LogP contribution in [-0.2, 0) is 22.4 Å². The molecule has 1 atom stereocenters. The van der Waals surface area contributed by atoms with Gasteiger partial charge in [-0.3, -0.25) is 9.69 Å². The summed E-state index contributed by atoms with van der Waals surface area (Å²) in [6, 6.07) is 30.6. The second kappa shape index (κ2) is 9.39. The van der Waals surface area contributed by atoms with E-state index in [0.29, 0.717) is 17.0 Å². The van der Waals surface area contributed by atoms with Gasteiger partial charge in [0.05, 0.1) is 28.0 Å². The van der Waals surface area contributed by atoms with Gasteiger partial charge in [0.15, 0.2) is 6.10 Å². The van der Waals surface area contributed by atoms with Crippen molar-refractivity contribution in [1.82, 2.24) is 9.97 Å². The normalized spacial score (nSPS) is 13.4. The third-order valence-corrected chi connectivity index (χ3v) is 6.77. The number of aromatic amines is 1. The number of imidazole rings is 1. The Hall–Kier alpha value is -4.71. The van der Waals surface area contributed by atoms with Crippen LogP contribution >= 0.6 is 0 Å². The molecule has 1 N–H and O–H groups in total. The molecular weight excluding hydrogens is 462 g/mol. The standard InChI is InChI=1S/C31H25N3O3/c1-20(30(35)34-27-16-8-2-10-21(27)18-19-22-11-3-9-17-28(22)34)37-31(36)24-13-5-4-12-23(24)29-32-25-14-6-7-15-26(25)33-29/h2-17,20H,18-19H2,1H3,(H,32,33). The van der Waals surface area contributed by atoms with Crippen LogP contribution in [0.1, 0.15) is 28.4 Å². The molecule has 6 heteroatoms. The highest BCUT2D eigenvalue weighted by molar-refractivity contribution is 6.06. The van der Waals surface area contributed by atoms with Crippen LogP contribution in [-0.4, -0.2) is 27.9 Å². The minimum absolute atomic E-state index is 0.295. The molecule has 182 valence electrons. The molecule has 6 rings (SSSR count). The molecule has 0 aliphatic carbocycles. The Morgan fingerprint density at radius 2 is 1.41 bits per heavy atom. The molecule has 0 spiro atoms. The van der Waals surface area contributed by atoms with Crippen LogP contribution in [0.4, 0.5) is 11.4 Å². The predicted octanol–water partition coefficient (Wildman–Crippen LogP) is 6.24. The van der Waals surface area contributed by atoms with Gasteiger partial charge in [-0.05, 0) is 61.2 Å². The number of fused-ring (bicyclic) bond motifs is 3. The first-order valence-corrected chi connectivity index (χ1v) is 12.3. The number of aromatic nitrogens is 2. The van der Waals surface area contributed by atoms with Gasteiger partial charge in [-0.1, -0.05) is 66.7 Å². The average Bonchev–Trinajstić information content (AvgIpc) is 3.30. The Balaban J connectivity index is 1.31. The fraction of sp³-hybridized carbons (Fsp3) is 0.129. The number of carbonyl (C=O) groups excluding carboxylic acids is 2. The first kappa shape index (κ1) is 22.7. The largest absolute Gasteiger partial charge is 0.449 e. The lowest BCUT2D eigenvalue weighted by atomic mass is 10.0. The van der Waals surface area contributed by atoms with E-state index in [-0.39, 0.29) is 5.91 Å². The summed E-state index contributed by atoms with van der Waals surface area (Å²) in [7, 11) is 0. The number of nitrogens with one attached hydrogen (secondary N) is 1. The summed E-state index contributed by atoms with van der Waals surface area (Å²) >= 11 is 0. The van der Waals surface area contributed by atoms with Crippen LogP contribution in [0.3, 0.4) is 0 Å². The van der Waals surface area contributed by atoms with Gasteiger partial charge in [-0.25, -0.2) is 9.78 Å². The van der Waals surface area contributed by atoms with E-state index in [1.165, 1.54) is 0 Å². The Morgan fingerprint density at radius 1 is 0.811 bits per heavy atom. The van der Waals surface area contributed by atoms with Crippen LogP contribution < -0.4 is 4.90 Å². The van der Waals surface area contributed by atoms with Crippen LogP contribution in [0.2, 0.25) is 0 Å². The van der Waals surface area contributed by atoms with Gasteiger partial charge < -0.3 is 9.72 Å². The van der Waals surface area contributed by atoms with Crippen molar-refractivity contribution in [3.05, 3.63) is 114 Å². The number of H-pyrrole nitrogens is 1. The number of carbonyl (C=O) groups is 2. The van der Waals surface area contributed by atoms with E-state index in [4.69, 9.17) is 4.74 Å². The lowest BCUT2D eigenvalue weighted by Crippen LogP contribution is -2.37. The smallest absolute Gasteiger partial charge is 0.339 e. The second-order valence-corrected chi connectivity index (χ2v) is 9.13. The molecule has 0 fully saturated rings. The van der Waals surface area contributed by atoms with Crippen molar-refractivity contribution >= 4 is 34.3 Å². The number of anilines is 2. The van der Waals surface area contributed by atoms with Crippen molar-refractivity contribution in [2.75, 3.05) is 4.90 Å². The van der Waals surface area contributed by atoms with Crippen molar-refractivity contribution in [2.45, 2.75) is 25.9 Å². The Labute approximate surface area is 214 Å². The number of rotatable bonds is 4. The quantitative estimate of drug-likeness (QED) is 0.305. The van der Waals surface area contributed by atoms with E-state index >= 15 is 0 Å². The minimum Gasteiger partial charge on any atom is -0.449 e. The van der Waals surface area contributed by atoms with Crippen molar-refractivity contribution in [2.24, 2.45) is 0 Å². The lowest BCUT2D eigenvalue weighted by Gasteiger charge is -2.27. The number of esters is 1. The fourth-order valence-electron chi connectivity index (χ4n) is 4.92. The summed E-state index contributed by atoms with van der Waals surface area (Å²) in [6.45, 7) is 1.63. The lowest BCUT2D eigenvalue weighted by molar-refractivity contribution is -0.125. The predicted molar refractivity (Wildman–Crippen MR) is 144 cm³/mol. The summed E-state index contributed by atoms with van der Waals surface area (Å²) in [5.41, 5.74) is 6.46. The molecule has 0 radical (unpaired) electrons. The molecule has 2 heterocycles. The van der Waals surface area contributed by atoms with Gasteiger partial charge in [0, 0.05) is 5.56 Å². The summed E-state index contributed by atoms with van der Waals surface area (Å²) in [4.78, 5) is 36.8. The highest BCUT2D eigenvalue weighted by Crippen LogP contribution is 2.36. The maximum Gasteiger partial charge on any atom is 0.339 e. The third-order valence-electron chi connectivity index (χ3n) is 6.77. The topological polar surface area (TPSA) is 75.3 Å². The maximum absolute atomic E-state index is 13.8. The molecule has 0 saturated carbocycles. The summed E-state index contributed by atoms with van der Waals surface area (Å²) in [5, 5.41) is 0. The van der Waals surface area contributed by atoms with E-state index in [1.807, 2.05) is 84.9 Å². The number of aryl methyl sites for hydroxylation is 2. The molecule has 0 bridgehead atoms. The van der Waals surface area contributed by atoms with Crippen molar-refractivity contribution in [1.29, 1.82) is 0 Å². The molecule has 1 unspecified atom stereocenters. The monoisotopic (exact) mass is 487 g/mol. The molecule has 1 aliphatic rings. The fourth-order valence-corrected chi connectivity index (χ4v) is 4.92. The van der Waals surface area contributed by atoms with Crippen LogP contribution in [0.25, 0.3) is 22.4 Å². The molecule has 4 aromatic carbocycles. The zero-order chi connectivity index (χ0) is 25.4. The zero-order valence-corrected chi connectivity index (χ0v) is 20.3. The van der Waals surface area contributed by atoms with E-state index in [0.717, 1.165) is 46.4 Å². The van der Waals surface area contributed by atoms with Gasteiger partial charge >= 0.3 is 5.97 Å². The van der Waals surface area contributed by atoms with Crippen molar-refractivity contribution < 1.29 is 14.3 Å². The molecule has 1 aromatic heterocycles. The third kappa shape index (κ3) is 4.16. The minimum atomic E-state index is -1.00. The van der Waals surface area contributed by atoms with E-state index in [2.05, 4.69) is 9.97 Å². The molecular formula is C31H25N3O3. The van der Waals surface area contributed by atoms with Crippen LogP contribution in [0, 0.1) is 0 Å². The molecule has 6 nitrogen and oxygen atoms in total. The van der Waals surface area contributed by atoms with Crippen LogP contribution in [0.5, 0.6) is 0 Å². The van der Waals surface area contributed by atoms with Gasteiger partial charge in [-0.15, -0.1) is 0 Å². The van der Waals surface area contributed by atoms with Crippen molar-refractivity contribution in [3.8, 4) is 11.4 Å².